The van der Waals surface area contributed by atoms with Crippen LogP contribution < -0.4 is 0 Å². The second-order valence-electron chi connectivity index (χ2n) is 7.86. The highest BCUT2D eigenvalue weighted by atomic mass is 32.1. The summed E-state index contributed by atoms with van der Waals surface area (Å²) in [5, 5.41) is 13.3. The molecule has 4 rings (SSSR count). The van der Waals surface area contributed by atoms with E-state index in [-0.39, 0.29) is 18.6 Å². The molecule has 2 aliphatic rings. The first-order valence-corrected chi connectivity index (χ1v) is 10.7. The fourth-order valence-corrected chi connectivity index (χ4v) is 5.90. The van der Waals surface area contributed by atoms with Gasteiger partial charge in [0.25, 0.3) is 0 Å². The molecule has 2 atom stereocenters. The number of fused-ring (bicyclic) bond motifs is 2. The molecule has 0 saturated carbocycles. The van der Waals surface area contributed by atoms with E-state index >= 15 is 0 Å². The molecule has 0 unspecified atom stereocenters. The highest BCUT2D eigenvalue weighted by Crippen LogP contribution is 2.47. The van der Waals surface area contributed by atoms with Gasteiger partial charge in [0, 0.05) is 47.1 Å². The van der Waals surface area contributed by atoms with E-state index in [2.05, 4.69) is 16.9 Å². The van der Waals surface area contributed by atoms with Gasteiger partial charge in [0.05, 0.1) is 26.0 Å². The predicted molar refractivity (Wildman–Crippen MR) is 104 cm³/mol. The van der Waals surface area contributed by atoms with Crippen LogP contribution in [0.25, 0.3) is 0 Å². The molecule has 1 N–H and O–H groups in total. The highest BCUT2D eigenvalue weighted by Gasteiger charge is 2.44. The molecule has 2 aromatic heterocycles. The summed E-state index contributed by atoms with van der Waals surface area (Å²) >= 11 is 1.52. The summed E-state index contributed by atoms with van der Waals surface area (Å²) < 4.78 is 33.7. The van der Waals surface area contributed by atoms with Crippen LogP contribution >= 0.6 is 11.3 Å². The lowest BCUT2D eigenvalue weighted by Crippen LogP contribution is -2.49. The van der Waals surface area contributed by atoms with Gasteiger partial charge in [-0.3, -0.25) is 9.58 Å². The number of halogens is 2. The van der Waals surface area contributed by atoms with Crippen molar-refractivity contribution in [1.29, 1.82) is 0 Å². The van der Waals surface area contributed by atoms with Gasteiger partial charge < -0.3 is 9.84 Å². The van der Waals surface area contributed by atoms with E-state index in [1.807, 2.05) is 18.5 Å². The average Bonchev–Trinajstić information content (AvgIpc) is 3.25. The average molecular weight is 412 g/mol. The maximum atomic E-state index is 12.8. The zero-order valence-corrected chi connectivity index (χ0v) is 16.9. The Morgan fingerprint density at radius 1 is 1.46 bits per heavy atom. The van der Waals surface area contributed by atoms with Gasteiger partial charge in [0.1, 0.15) is 5.60 Å². The SMILES string of the molecule is C[C@H]1C[C@@]2(CCN1Cc1cnn(CCO)c1)OCCc1cc(CC(F)F)sc12. The zero-order valence-electron chi connectivity index (χ0n) is 16.1. The quantitative estimate of drug-likeness (QED) is 0.793. The molecule has 2 aromatic rings. The number of thiophene rings is 1. The van der Waals surface area contributed by atoms with Crippen molar-refractivity contribution in [2.45, 2.75) is 63.8 Å². The number of aromatic nitrogens is 2. The molecular weight excluding hydrogens is 384 g/mol. The minimum atomic E-state index is -2.30. The minimum absolute atomic E-state index is 0.0811. The summed E-state index contributed by atoms with van der Waals surface area (Å²) in [5.74, 6) is 0. The van der Waals surface area contributed by atoms with Crippen LogP contribution in [-0.2, 0) is 36.3 Å². The Labute approximate surface area is 167 Å². The second kappa shape index (κ2) is 8.18. The topological polar surface area (TPSA) is 50.5 Å². The lowest BCUT2D eigenvalue weighted by molar-refractivity contribution is -0.110. The van der Waals surface area contributed by atoms with E-state index in [4.69, 9.17) is 9.84 Å². The van der Waals surface area contributed by atoms with Crippen molar-refractivity contribution in [3.63, 3.8) is 0 Å². The van der Waals surface area contributed by atoms with Crippen LogP contribution in [0.2, 0.25) is 0 Å². The third-order valence-electron chi connectivity index (χ3n) is 5.83. The molecule has 0 aromatic carbocycles. The number of likely N-dealkylation sites (tertiary alicyclic amines) is 1. The Hall–Kier alpha value is -1.35. The number of ether oxygens (including phenoxy) is 1. The fourth-order valence-electron chi connectivity index (χ4n) is 4.50. The lowest BCUT2D eigenvalue weighted by Gasteiger charge is -2.47. The third kappa shape index (κ3) is 4.01. The summed E-state index contributed by atoms with van der Waals surface area (Å²) in [6.07, 6.45) is 3.95. The second-order valence-corrected chi connectivity index (χ2v) is 9.00. The summed E-state index contributed by atoms with van der Waals surface area (Å²) in [5.41, 5.74) is 2.02. The van der Waals surface area contributed by atoms with Gasteiger partial charge in [-0.25, -0.2) is 8.78 Å². The van der Waals surface area contributed by atoms with Gasteiger partial charge >= 0.3 is 0 Å². The van der Waals surface area contributed by atoms with Crippen molar-refractivity contribution in [2.24, 2.45) is 0 Å². The van der Waals surface area contributed by atoms with Crippen LogP contribution in [-0.4, -0.2) is 52.0 Å². The molecule has 1 spiro atoms. The Bertz CT molecular complexity index is 809. The first kappa shape index (κ1) is 19.9. The van der Waals surface area contributed by atoms with Crippen molar-refractivity contribution in [3.05, 3.63) is 39.3 Å². The van der Waals surface area contributed by atoms with Crippen molar-refractivity contribution < 1.29 is 18.6 Å². The van der Waals surface area contributed by atoms with Crippen LogP contribution in [0.3, 0.4) is 0 Å². The predicted octanol–water partition coefficient (Wildman–Crippen LogP) is 3.20. The van der Waals surface area contributed by atoms with Crippen LogP contribution in [0.1, 0.15) is 40.6 Å². The molecule has 28 heavy (non-hydrogen) atoms. The molecule has 154 valence electrons. The van der Waals surface area contributed by atoms with E-state index in [9.17, 15) is 8.78 Å². The number of aliphatic hydroxyl groups is 1. The van der Waals surface area contributed by atoms with Gasteiger partial charge in [0.15, 0.2) is 0 Å². The Balaban J connectivity index is 1.47. The Kier molecular flexibility index (Phi) is 5.83. The van der Waals surface area contributed by atoms with Gasteiger partial charge in [-0.15, -0.1) is 11.3 Å². The molecular formula is C20H27F2N3O2S. The molecule has 1 saturated heterocycles. The molecule has 0 radical (unpaired) electrons. The summed E-state index contributed by atoms with van der Waals surface area (Å²) in [6.45, 7) is 5.18. The van der Waals surface area contributed by atoms with E-state index in [1.165, 1.54) is 21.8 Å². The molecule has 5 nitrogen and oxygen atoms in total. The maximum Gasteiger partial charge on any atom is 0.243 e. The van der Waals surface area contributed by atoms with E-state index in [0.29, 0.717) is 19.2 Å². The Morgan fingerprint density at radius 3 is 3.07 bits per heavy atom. The molecule has 0 aliphatic carbocycles. The minimum Gasteiger partial charge on any atom is -0.394 e. The van der Waals surface area contributed by atoms with E-state index in [1.54, 1.807) is 4.68 Å². The fraction of sp³-hybridized carbons (Fsp3) is 0.650. The molecule has 4 heterocycles. The summed E-state index contributed by atoms with van der Waals surface area (Å²) in [7, 11) is 0. The number of hydrogen-bond acceptors (Lipinski definition) is 5. The van der Waals surface area contributed by atoms with Crippen LogP contribution in [0.5, 0.6) is 0 Å². The number of hydrogen-bond donors (Lipinski definition) is 1. The van der Waals surface area contributed by atoms with Crippen LogP contribution in [0, 0.1) is 0 Å². The van der Waals surface area contributed by atoms with Crippen LogP contribution in [0.4, 0.5) is 8.78 Å². The third-order valence-corrected chi connectivity index (χ3v) is 7.22. The van der Waals surface area contributed by atoms with Crippen molar-refractivity contribution in [3.8, 4) is 0 Å². The molecule has 1 fully saturated rings. The maximum absolute atomic E-state index is 12.8. The van der Waals surface area contributed by atoms with E-state index < -0.39 is 6.43 Å². The number of nitrogens with zero attached hydrogens (tertiary/aromatic N) is 3. The van der Waals surface area contributed by atoms with Crippen LogP contribution in [0.15, 0.2) is 18.5 Å². The number of piperidine rings is 1. The van der Waals surface area contributed by atoms with Gasteiger partial charge in [-0.2, -0.15) is 5.10 Å². The van der Waals surface area contributed by atoms with Crippen molar-refractivity contribution in [2.75, 3.05) is 19.8 Å². The highest BCUT2D eigenvalue weighted by molar-refractivity contribution is 7.12. The summed E-state index contributed by atoms with van der Waals surface area (Å²) in [6, 6.07) is 2.30. The van der Waals surface area contributed by atoms with Gasteiger partial charge in [0.2, 0.25) is 6.43 Å². The van der Waals surface area contributed by atoms with Gasteiger partial charge in [-0.1, -0.05) is 0 Å². The monoisotopic (exact) mass is 411 g/mol. The zero-order chi connectivity index (χ0) is 19.7. The normalized spacial score (nSPS) is 25.5. The first-order chi connectivity index (χ1) is 13.5. The lowest BCUT2D eigenvalue weighted by atomic mass is 9.82. The van der Waals surface area contributed by atoms with Gasteiger partial charge in [-0.05, 0) is 37.8 Å². The van der Waals surface area contributed by atoms with E-state index in [0.717, 1.165) is 42.8 Å². The smallest absolute Gasteiger partial charge is 0.243 e. The molecule has 0 bridgehead atoms. The standard InChI is InChI=1S/C20H27F2N3O2S/c1-14-10-20(3-4-24(14)12-15-11-23-25(13-15)5-6-26)19-16(2-7-27-20)8-17(28-19)9-18(21)22/h8,11,13-14,18,26H,2-7,9-10,12H2,1H3/t14-,20+/m0/s1. The summed E-state index contributed by atoms with van der Waals surface area (Å²) in [4.78, 5) is 4.38. The number of rotatable bonds is 6. The number of alkyl halides is 2. The molecule has 0 amide bonds. The Morgan fingerprint density at radius 2 is 2.32 bits per heavy atom. The van der Waals surface area contributed by atoms with Crippen molar-refractivity contribution >= 4 is 11.3 Å². The molecule has 2 aliphatic heterocycles. The van der Waals surface area contributed by atoms with Crippen molar-refractivity contribution in [1.82, 2.24) is 14.7 Å². The largest absolute Gasteiger partial charge is 0.394 e. The first-order valence-electron chi connectivity index (χ1n) is 9.89. The number of aliphatic hydroxyl groups excluding tert-OH is 1. The molecule has 8 heteroatoms.